The van der Waals surface area contributed by atoms with Crippen molar-refractivity contribution >= 4 is 76.9 Å². The highest BCUT2D eigenvalue weighted by Gasteiger charge is 2.41. The molecule has 1 heterocycles. The highest BCUT2D eigenvalue weighted by atomic mass is 16.4. The molecule has 0 bridgehead atoms. The van der Waals surface area contributed by atoms with Gasteiger partial charge in [-0.2, -0.15) is 0 Å². The van der Waals surface area contributed by atoms with Gasteiger partial charge in [0.05, 0.1) is 6.04 Å². The highest BCUT2D eigenvalue weighted by Crippen LogP contribution is 2.22. The molecule has 1 saturated heterocycles. The summed E-state index contributed by atoms with van der Waals surface area (Å²) in [5.41, 5.74) is 18.2. The summed E-state index contributed by atoms with van der Waals surface area (Å²) >= 11 is 0. The van der Waals surface area contributed by atoms with Crippen molar-refractivity contribution in [3.8, 4) is 5.75 Å². The minimum atomic E-state index is -1.71. The standard InChI is InChI=1S/C62H94N12O16/c1-33(2)27-40(63)53(80)69-46(31-37-13-10-9-11-14-37)58(85)67-41(20-23-50(64)76)54(81)66-42(22-25-52(78)79)55(82)70-44(28-34(3)4)56(83)68-43(21-24-51(65)77)61(88)74-26-12-15-49(74)60(87)72-45(29-35(5)6)57(84)71-47(32-38-16-18-39(75)19-17-38)59(86)73-48(62(89)90)30-36(7)8/h9-11,13-14,16-19,33-36,40-49,75H,12,15,20-32,63H2,1-8H3,(H2,64,76)(H2,65,77)(H,66,81)(H,67,85)(H,68,83)(H,69,80)(H,70,82)(H,71,84)(H,72,87)(H,73,86)(H,78,79)(H,89,90)/t40-,41-,42-,43-,44-,45-,46-,47-,48-,49-/m0/s1. The van der Waals surface area contributed by atoms with E-state index in [2.05, 4.69) is 42.5 Å². The number of aliphatic carboxylic acids is 2. The molecule has 3 rings (SSSR count). The first-order chi connectivity index (χ1) is 42.2. The van der Waals surface area contributed by atoms with E-state index in [1.54, 1.807) is 71.9 Å². The number of rotatable bonds is 39. The van der Waals surface area contributed by atoms with Gasteiger partial charge >= 0.3 is 11.9 Å². The normalized spacial score (nSPS) is 16.0. The summed E-state index contributed by atoms with van der Waals surface area (Å²) < 4.78 is 0. The first-order valence-corrected chi connectivity index (χ1v) is 30.6. The molecule has 0 spiro atoms. The lowest BCUT2D eigenvalue weighted by Gasteiger charge is -2.31. The van der Waals surface area contributed by atoms with E-state index in [4.69, 9.17) is 17.2 Å². The van der Waals surface area contributed by atoms with E-state index >= 15 is 0 Å². The average Bonchev–Trinajstić information content (AvgIpc) is 2.78. The highest BCUT2D eigenvalue weighted by molar-refractivity contribution is 5.99. The minimum absolute atomic E-state index is 0.0238. The lowest BCUT2D eigenvalue weighted by Crippen LogP contribution is -2.60. The van der Waals surface area contributed by atoms with Crippen LogP contribution in [0.2, 0.25) is 0 Å². The molecule has 17 N–H and O–H groups in total. The molecule has 0 aromatic heterocycles. The number of phenolic OH excluding ortho intramolecular Hbond substituents is 1. The fraction of sp³-hybridized carbons (Fsp3) is 0.597. The van der Waals surface area contributed by atoms with Crippen molar-refractivity contribution in [1.29, 1.82) is 0 Å². The summed E-state index contributed by atoms with van der Waals surface area (Å²) in [5, 5.41) is 50.2. The second kappa shape index (κ2) is 37.3. The molecule has 2 aromatic rings. The SMILES string of the molecule is CC(C)C[C@H](NC(=O)[C@H](Cc1ccc(O)cc1)NC(=O)[C@H](CC(C)C)NC(=O)[C@@H]1CCCN1C(=O)[C@H](CCC(N)=O)NC(=O)[C@H](CC(C)C)NC(=O)[C@H](CCC(=O)O)NC(=O)[C@H](CCC(N)=O)NC(=O)[C@H](Cc1ccccc1)NC(=O)[C@@H](N)CC(C)C)C(=O)O. The topological polar surface area (TPSA) is 460 Å². The number of nitrogens with two attached hydrogens (primary N) is 3. The predicted octanol–water partition coefficient (Wildman–Crippen LogP) is 0.0389. The number of carboxylic acids is 2. The molecule has 28 nitrogen and oxygen atoms in total. The van der Waals surface area contributed by atoms with Crippen LogP contribution in [-0.4, -0.2) is 164 Å². The second-order valence-corrected chi connectivity index (χ2v) is 24.6. The van der Waals surface area contributed by atoms with Crippen molar-refractivity contribution in [1.82, 2.24) is 47.4 Å². The molecule has 1 fully saturated rings. The number of hydrogen-bond donors (Lipinski definition) is 14. The maximum absolute atomic E-state index is 14.7. The van der Waals surface area contributed by atoms with E-state index in [0.717, 1.165) is 0 Å². The van der Waals surface area contributed by atoms with E-state index < -0.39 is 169 Å². The van der Waals surface area contributed by atoms with Gasteiger partial charge in [-0.1, -0.05) is 97.9 Å². The molecule has 0 saturated carbocycles. The van der Waals surface area contributed by atoms with Crippen molar-refractivity contribution in [3.05, 3.63) is 65.7 Å². The number of amides is 11. The zero-order valence-corrected chi connectivity index (χ0v) is 52.7. The average molecular weight is 1260 g/mol. The lowest BCUT2D eigenvalue weighted by atomic mass is 9.99. The third-order valence-corrected chi connectivity index (χ3v) is 14.7. The zero-order chi connectivity index (χ0) is 67.5. The van der Waals surface area contributed by atoms with E-state index in [1.807, 2.05) is 13.8 Å². The third kappa shape index (κ3) is 27.0. The number of nitrogens with zero attached hydrogens (tertiary/aromatic N) is 1. The van der Waals surface area contributed by atoms with Crippen LogP contribution in [0.25, 0.3) is 0 Å². The fourth-order valence-electron chi connectivity index (χ4n) is 10.2. The Balaban J connectivity index is 1.93. The fourth-order valence-corrected chi connectivity index (χ4v) is 10.2. The van der Waals surface area contributed by atoms with Gasteiger partial charge in [0.1, 0.15) is 60.1 Å². The Labute approximate surface area is 524 Å². The zero-order valence-electron chi connectivity index (χ0n) is 52.7. The van der Waals surface area contributed by atoms with Crippen LogP contribution in [0.15, 0.2) is 54.6 Å². The molecule has 0 radical (unpaired) electrons. The Kier molecular flexibility index (Phi) is 31.4. The molecule has 1 aliphatic heterocycles. The molecular weight excluding hydrogens is 1170 g/mol. The molecule has 2 aromatic carbocycles. The van der Waals surface area contributed by atoms with Gasteiger partial charge in [-0.3, -0.25) is 57.5 Å². The summed E-state index contributed by atoms with van der Waals surface area (Å²) in [4.78, 5) is 177. The molecule has 0 unspecified atom stereocenters. The van der Waals surface area contributed by atoms with Crippen molar-refractivity contribution < 1.29 is 77.6 Å². The van der Waals surface area contributed by atoms with Crippen molar-refractivity contribution in [2.75, 3.05) is 6.54 Å². The molecule has 90 heavy (non-hydrogen) atoms. The van der Waals surface area contributed by atoms with Crippen LogP contribution in [0.1, 0.15) is 144 Å². The van der Waals surface area contributed by atoms with E-state index in [0.29, 0.717) is 11.1 Å². The van der Waals surface area contributed by atoms with Gasteiger partial charge in [-0.05, 0) is 105 Å². The van der Waals surface area contributed by atoms with Crippen molar-refractivity contribution in [2.45, 2.75) is 206 Å². The molecule has 1 aliphatic rings. The minimum Gasteiger partial charge on any atom is -0.508 e. The Bertz CT molecular complexity index is 2800. The van der Waals surface area contributed by atoms with Crippen LogP contribution in [0.3, 0.4) is 0 Å². The summed E-state index contributed by atoms with van der Waals surface area (Å²) in [7, 11) is 0. The summed E-state index contributed by atoms with van der Waals surface area (Å²) in [5.74, 6) is -13.0. The molecular formula is C62H94N12O16. The number of aromatic hydroxyl groups is 1. The molecule has 28 heteroatoms. The smallest absolute Gasteiger partial charge is 0.326 e. The number of phenols is 1. The molecule has 0 aliphatic carbocycles. The monoisotopic (exact) mass is 1260 g/mol. The number of carboxylic acid groups (broad SMARTS) is 2. The van der Waals surface area contributed by atoms with Gasteiger partial charge in [0.15, 0.2) is 0 Å². The summed E-state index contributed by atoms with van der Waals surface area (Å²) in [6, 6.07) is 0.501. The largest absolute Gasteiger partial charge is 0.508 e. The predicted molar refractivity (Wildman–Crippen MR) is 329 cm³/mol. The van der Waals surface area contributed by atoms with Crippen LogP contribution >= 0.6 is 0 Å². The number of hydrogen-bond acceptors (Lipinski definition) is 15. The number of benzene rings is 2. The Hall–Kier alpha value is -8.69. The van der Waals surface area contributed by atoms with Crippen LogP contribution in [0.4, 0.5) is 0 Å². The molecule has 10 atom stereocenters. The number of carbonyl (C=O) groups excluding carboxylic acids is 11. The van der Waals surface area contributed by atoms with Gasteiger partial charge in [0, 0.05) is 38.6 Å². The van der Waals surface area contributed by atoms with Crippen LogP contribution in [0, 0.1) is 23.7 Å². The molecule has 498 valence electrons. The number of carbonyl (C=O) groups is 13. The maximum Gasteiger partial charge on any atom is 0.326 e. The number of likely N-dealkylation sites (tertiary alicyclic amines) is 1. The van der Waals surface area contributed by atoms with Gasteiger partial charge in [0.2, 0.25) is 65.0 Å². The van der Waals surface area contributed by atoms with E-state index in [9.17, 15) is 77.6 Å². The Morgan fingerprint density at radius 1 is 0.467 bits per heavy atom. The first-order valence-electron chi connectivity index (χ1n) is 30.6. The molecule has 11 amide bonds. The maximum atomic E-state index is 14.7. The summed E-state index contributed by atoms with van der Waals surface area (Å²) in [6.07, 6.45) is -2.48. The number of nitrogens with one attached hydrogen (secondary N) is 8. The van der Waals surface area contributed by atoms with Crippen LogP contribution in [-0.2, 0) is 75.2 Å². The third-order valence-electron chi connectivity index (χ3n) is 14.7. The Morgan fingerprint density at radius 3 is 1.31 bits per heavy atom. The van der Waals surface area contributed by atoms with Gasteiger partial charge in [-0.15, -0.1) is 0 Å². The Morgan fingerprint density at radius 2 is 0.844 bits per heavy atom. The van der Waals surface area contributed by atoms with Crippen molar-refractivity contribution in [3.63, 3.8) is 0 Å². The first kappa shape index (κ1) is 75.6. The van der Waals surface area contributed by atoms with E-state index in [1.165, 1.54) is 29.2 Å². The number of primary amides is 2. The van der Waals surface area contributed by atoms with E-state index in [-0.39, 0.29) is 93.8 Å². The van der Waals surface area contributed by atoms with Gasteiger partial charge < -0.3 is 80.0 Å². The van der Waals surface area contributed by atoms with Crippen molar-refractivity contribution in [2.24, 2.45) is 40.9 Å². The second-order valence-electron chi connectivity index (χ2n) is 24.6. The quantitative estimate of drug-likeness (QED) is 0.0420. The lowest BCUT2D eigenvalue weighted by molar-refractivity contribution is -0.143. The van der Waals surface area contributed by atoms with Gasteiger partial charge in [-0.25, -0.2) is 4.79 Å². The van der Waals surface area contributed by atoms with Gasteiger partial charge in [0.25, 0.3) is 0 Å². The van der Waals surface area contributed by atoms with Crippen LogP contribution in [0.5, 0.6) is 5.75 Å². The summed E-state index contributed by atoms with van der Waals surface area (Å²) in [6.45, 7) is 14.2. The van der Waals surface area contributed by atoms with Crippen LogP contribution < -0.4 is 59.7 Å².